The maximum atomic E-state index is 5.83. The summed E-state index contributed by atoms with van der Waals surface area (Å²) in [6.45, 7) is 3.86. The second-order valence-electron chi connectivity index (χ2n) is 3.85. The molecule has 0 radical (unpaired) electrons. The predicted molar refractivity (Wildman–Crippen MR) is 51.9 cm³/mol. The molecule has 0 amide bonds. The summed E-state index contributed by atoms with van der Waals surface area (Å²) in [4.78, 5) is 0. The molecule has 1 aromatic rings. The summed E-state index contributed by atoms with van der Waals surface area (Å²) in [5, 5.41) is 0. The normalized spacial score (nSPS) is 34.0. The van der Waals surface area contributed by atoms with Crippen LogP contribution in [0.1, 0.15) is 17.9 Å². The molecule has 1 aromatic carbocycles. The number of ether oxygens (including phenoxy) is 1. The molecule has 1 saturated carbocycles. The zero-order valence-corrected chi connectivity index (χ0v) is 7.44. The summed E-state index contributed by atoms with van der Waals surface area (Å²) in [6.07, 6.45) is 3.61. The lowest BCUT2D eigenvalue weighted by Gasteiger charge is -2.48. The Kier molecular flexibility index (Phi) is 1.32. The maximum absolute atomic E-state index is 5.83. The summed E-state index contributed by atoms with van der Waals surface area (Å²) < 4.78 is 5.83. The van der Waals surface area contributed by atoms with Crippen LogP contribution < -0.4 is 4.74 Å². The molecule has 2 bridgehead atoms. The van der Waals surface area contributed by atoms with E-state index in [9.17, 15) is 0 Å². The molecular formula is C12H12O. The number of hydrogen-bond donors (Lipinski definition) is 0. The minimum atomic E-state index is 0.400. The Morgan fingerprint density at radius 1 is 1.38 bits per heavy atom. The Bertz CT molecular complexity index is 356. The van der Waals surface area contributed by atoms with E-state index in [0.29, 0.717) is 17.9 Å². The minimum Gasteiger partial charge on any atom is -0.489 e. The zero-order chi connectivity index (χ0) is 8.84. The van der Waals surface area contributed by atoms with E-state index in [4.69, 9.17) is 4.74 Å². The Hall–Kier alpha value is -1.24. The van der Waals surface area contributed by atoms with Gasteiger partial charge in [0.1, 0.15) is 11.9 Å². The average molecular weight is 172 g/mol. The lowest BCUT2D eigenvalue weighted by molar-refractivity contribution is 0.0225. The summed E-state index contributed by atoms with van der Waals surface area (Å²) in [7, 11) is 0. The third-order valence-electron chi connectivity index (χ3n) is 3.25. The van der Waals surface area contributed by atoms with Gasteiger partial charge in [-0.1, -0.05) is 24.3 Å². The van der Waals surface area contributed by atoms with Crippen LogP contribution in [0.4, 0.5) is 0 Å². The van der Waals surface area contributed by atoms with Crippen LogP contribution in [-0.2, 0) is 0 Å². The number of hydrogen-bond acceptors (Lipinski definition) is 1. The first-order valence-corrected chi connectivity index (χ1v) is 4.78. The molecule has 2 heterocycles. The van der Waals surface area contributed by atoms with Gasteiger partial charge < -0.3 is 4.74 Å². The van der Waals surface area contributed by atoms with E-state index in [-0.39, 0.29) is 0 Å². The SMILES string of the molecule is C=CC1C2CC1c1ccccc1O2. The van der Waals surface area contributed by atoms with E-state index in [1.807, 2.05) is 12.1 Å². The van der Waals surface area contributed by atoms with E-state index in [0.717, 1.165) is 5.75 Å². The molecule has 0 N–H and O–H groups in total. The molecule has 1 fully saturated rings. The van der Waals surface area contributed by atoms with Crippen LogP contribution in [0.2, 0.25) is 0 Å². The van der Waals surface area contributed by atoms with Gasteiger partial charge in [0.25, 0.3) is 0 Å². The third kappa shape index (κ3) is 0.819. The van der Waals surface area contributed by atoms with E-state index >= 15 is 0 Å². The molecule has 66 valence electrons. The van der Waals surface area contributed by atoms with Crippen LogP contribution >= 0.6 is 0 Å². The highest BCUT2D eigenvalue weighted by Gasteiger charge is 2.46. The summed E-state index contributed by atoms with van der Waals surface area (Å²) in [6, 6.07) is 8.35. The fourth-order valence-electron chi connectivity index (χ4n) is 2.46. The van der Waals surface area contributed by atoms with Gasteiger partial charge in [0.2, 0.25) is 0 Å². The van der Waals surface area contributed by atoms with Gasteiger partial charge in [-0.15, -0.1) is 6.58 Å². The monoisotopic (exact) mass is 172 g/mol. The Labute approximate surface area is 78.0 Å². The first kappa shape index (κ1) is 7.19. The molecule has 2 aliphatic heterocycles. The largest absolute Gasteiger partial charge is 0.489 e. The van der Waals surface area contributed by atoms with Gasteiger partial charge in [0.05, 0.1) is 0 Å². The van der Waals surface area contributed by atoms with Crippen molar-refractivity contribution in [3.8, 4) is 5.75 Å². The lowest BCUT2D eigenvalue weighted by atomic mass is 9.65. The van der Waals surface area contributed by atoms with Gasteiger partial charge in [-0.05, 0) is 18.1 Å². The van der Waals surface area contributed by atoms with E-state index in [2.05, 4.69) is 24.8 Å². The van der Waals surface area contributed by atoms with Crippen molar-refractivity contribution in [2.75, 3.05) is 0 Å². The van der Waals surface area contributed by atoms with E-state index < -0.39 is 0 Å². The molecule has 1 nitrogen and oxygen atoms in total. The molecule has 1 aliphatic carbocycles. The molecular weight excluding hydrogens is 160 g/mol. The standard InChI is InChI=1S/C12H12O/c1-2-8-10-7-12(8)13-11-6-4-3-5-9(10)11/h2-6,8,10,12H,1,7H2. The molecule has 0 spiro atoms. The topological polar surface area (TPSA) is 9.23 Å². The summed E-state index contributed by atoms with van der Waals surface area (Å²) in [5.41, 5.74) is 1.37. The highest BCUT2D eigenvalue weighted by Crippen LogP contribution is 2.52. The molecule has 1 heteroatoms. The van der Waals surface area contributed by atoms with Crippen LogP contribution in [0.25, 0.3) is 0 Å². The average Bonchev–Trinajstić information content (AvgIpc) is 2.17. The zero-order valence-electron chi connectivity index (χ0n) is 7.44. The van der Waals surface area contributed by atoms with Crippen molar-refractivity contribution in [2.24, 2.45) is 5.92 Å². The van der Waals surface area contributed by atoms with Gasteiger partial charge in [-0.25, -0.2) is 0 Å². The van der Waals surface area contributed by atoms with Gasteiger partial charge >= 0.3 is 0 Å². The number of rotatable bonds is 1. The molecule has 4 rings (SSSR count). The molecule has 0 aromatic heterocycles. The first-order chi connectivity index (χ1) is 6.40. The minimum absolute atomic E-state index is 0.400. The van der Waals surface area contributed by atoms with Crippen LogP contribution in [0, 0.1) is 5.92 Å². The van der Waals surface area contributed by atoms with Crippen molar-refractivity contribution in [1.29, 1.82) is 0 Å². The van der Waals surface area contributed by atoms with Gasteiger partial charge in [0.15, 0.2) is 0 Å². The van der Waals surface area contributed by atoms with Crippen LogP contribution in [0.5, 0.6) is 5.75 Å². The Morgan fingerprint density at radius 2 is 2.23 bits per heavy atom. The quantitative estimate of drug-likeness (QED) is 0.592. The van der Waals surface area contributed by atoms with Gasteiger partial charge in [-0.2, -0.15) is 0 Å². The Balaban J connectivity index is 2.07. The van der Waals surface area contributed by atoms with Gasteiger partial charge in [-0.3, -0.25) is 0 Å². The third-order valence-corrected chi connectivity index (χ3v) is 3.25. The number of para-hydroxylation sites is 1. The van der Waals surface area contributed by atoms with Gasteiger partial charge in [0, 0.05) is 11.8 Å². The van der Waals surface area contributed by atoms with Crippen LogP contribution in [0.15, 0.2) is 36.9 Å². The fraction of sp³-hybridized carbons (Fsp3) is 0.333. The molecule has 3 aliphatic rings. The van der Waals surface area contributed by atoms with E-state index in [1.54, 1.807) is 0 Å². The van der Waals surface area contributed by atoms with Crippen molar-refractivity contribution in [3.63, 3.8) is 0 Å². The van der Waals surface area contributed by atoms with Crippen LogP contribution in [0.3, 0.4) is 0 Å². The molecule has 3 unspecified atom stereocenters. The second-order valence-corrected chi connectivity index (χ2v) is 3.85. The van der Waals surface area contributed by atoms with E-state index in [1.165, 1.54) is 12.0 Å². The van der Waals surface area contributed by atoms with Crippen molar-refractivity contribution in [1.82, 2.24) is 0 Å². The maximum Gasteiger partial charge on any atom is 0.123 e. The van der Waals surface area contributed by atoms with Crippen molar-refractivity contribution in [2.45, 2.75) is 18.4 Å². The highest BCUT2D eigenvalue weighted by atomic mass is 16.5. The van der Waals surface area contributed by atoms with Crippen molar-refractivity contribution >= 4 is 0 Å². The second kappa shape index (κ2) is 2.38. The lowest BCUT2D eigenvalue weighted by Crippen LogP contribution is -2.46. The number of benzene rings is 1. The smallest absolute Gasteiger partial charge is 0.123 e. The highest BCUT2D eigenvalue weighted by molar-refractivity contribution is 5.43. The molecule has 13 heavy (non-hydrogen) atoms. The van der Waals surface area contributed by atoms with Crippen LogP contribution in [-0.4, -0.2) is 6.10 Å². The van der Waals surface area contributed by atoms with Crippen molar-refractivity contribution < 1.29 is 4.74 Å². The fourth-order valence-corrected chi connectivity index (χ4v) is 2.46. The predicted octanol–water partition coefficient (Wildman–Crippen LogP) is 2.74. The molecule has 3 atom stereocenters. The first-order valence-electron chi connectivity index (χ1n) is 4.78. The molecule has 0 saturated heterocycles. The summed E-state index contributed by atoms with van der Waals surface area (Å²) in [5.74, 6) is 2.31. The Morgan fingerprint density at radius 3 is 3.08 bits per heavy atom. The summed E-state index contributed by atoms with van der Waals surface area (Å²) >= 11 is 0. The van der Waals surface area contributed by atoms with Crippen molar-refractivity contribution in [3.05, 3.63) is 42.5 Å².